The van der Waals surface area contributed by atoms with Gasteiger partial charge in [-0.05, 0) is 37.1 Å². The number of hydrogen-bond donors (Lipinski definition) is 1. The second-order valence-electron chi connectivity index (χ2n) is 5.46. The number of thiazole rings is 1. The van der Waals surface area contributed by atoms with Crippen LogP contribution in [-0.4, -0.2) is 28.4 Å². The average Bonchev–Trinajstić information content (AvgIpc) is 3.24. The van der Waals surface area contributed by atoms with E-state index in [-0.39, 0.29) is 30.2 Å². The van der Waals surface area contributed by atoms with E-state index in [1.165, 1.54) is 23.5 Å². The van der Waals surface area contributed by atoms with Crippen LogP contribution in [0.2, 0.25) is 0 Å². The average molecular weight is 356 g/mol. The van der Waals surface area contributed by atoms with Gasteiger partial charge in [-0.3, -0.25) is 4.79 Å². The molecular formula is C16H19ClFN3OS. The molecule has 1 aliphatic rings. The number of carbonyl (C=O) groups excluding carboxylic acids is 1. The Morgan fingerprint density at radius 2 is 2.22 bits per heavy atom. The Morgan fingerprint density at radius 3 is 2.87 bits per heavy atom. The molecule has 0 radical (unpaired) electrons. The molecule has 1 heterocycles. The van der Waals surface area contributed by atoms with E-state index < -0.39 is 0 Å². The molecule has 0 spiro atoms. The van der Waals surface area contributed by atoms with Gasteiger partial charge in [0, 0.05) is 24.4 Å². The Balaban J connectivity index is 0.00000192. The highest BCUT2D eigenvalue weighted by molar-refractivity contribution is 7.09. The van der Waals surface area contributed by atoms with Crippen molar-refractivity contribution < 1.29 is 9.18 Å². The zero-order chi connectivity index (χ0) is 15.5. The van der Waals surface area contributed by atoms with Crippen molar-refractivity contribution in [3.8, 4) is 0 Å². The zero-order valence-corrected chi connectivity index (χ0v) is 14.2. The smallest absolute Gasteiger partial charge is 0.273 e. The lowest BCUT2D eigenvalue weighted by molar-refractivity contribution is 0.0724. The van der Waals surface area contributed by atoms with Crippen molar-refractivity contribution in [2.45, 2.75) is 31.8 Å². The second-order valence-corrected chi connectivity index (χ2v) is 6.40. The van der Waals surface area contributed by atoms with Gasteiger partial charge < -0.3 is 10.6 Å². The van der Waals surface area contributed by atoms with Crippen LogP contribution >= 0.6 is 23.7 Å². The molecule has 1 fully saturated rings. The summed E-state index contributed by atoms with van der Waals surface area (Å²) < 4.78 is 13.3. The third-order valence-electron chi connectivity index (χ3n) is 3.62. The highest BCUT2D eigenvalue weighted by Crippen LogP contribution is 2.30. The van der Waals surface area contributed by atoms with E-state index in [2.05, 4.69) is 4.98 Å². The third kappa shape index (κ3) is 4.50. The van der Waals surface area contributed by atoms with Crippen molar-refractivity contribution >= 4 is 29.7 Å². The summed E-state index contributed by atoms with van der Waals surface area (Å²) in [6.07, 6.45) is 2.69. The first kappa shape index (κ1) is 17.8. The largest absolute Gasteiger partial charge is 0.330 e. The Bertz CT molecular complexity index is 675. The molecule has 0 aliphatic heterocycles. The lowest BCUT2D eigenvalue weighted by Gasteiger charge is -2.21. The Kier molecular flexibility index (Phi) is 6.10. The van der Waals surface area contributed by atoms with E-state index in [9.17, 15) is 9.18 Å². The molecule has 23 heavy (non-hydrogen) atoms. The first-order valence-corrected chi connectivity index (χ1v) is 8.25. The molecule has 2 N–H and O–H groups in total. The van der Waals surface area contributed by atoms with Crippen molar-refractivity contribution in [3.63, 3.8) is 0 Å². The van der Waals surface area contributed by atoms with Crippen LogP contribution in [0.25, 0.3) is 0 Å². The van der Waals surface area contributed by atoms with Gasteiger partial charge in [0.1, 0.15) is 11.5 Å². The van der Waals surface area contributed by atoms with Crippen LogP contribution in [0.5, 0.6) is 0 Å². The molecule has 1 saturated carbocycles. The summed E-state index contributed by atoms with van der Waals surface area (Å²) in [6, 6.07) is 6.64. The Hall–Kier alpha value is -1.50. The summed E-state index contributed by atoms with van der Waals surface area (Å²) in [5.74, 6) is -0.356. The maximum atomic E-state index is 13.3. The van der Waals surface area contributed by atoms with Crippen LogP contribution in [0, 0.1) is 5.82 Å². The van der Waals surface area contributed by atoms with Crippen LogP contribution < -0.4 is 5.73 Å². The lowest BCUT2D eigenvalue weighted by atomic mass is 10.2. The number of rotatable bonds is 6. The maximum absolute atomic E-state index is 13.3. The molecule has 7 heteroatoms. The van der Waals surface area contributed by atoms with Gasteiger partial charge >= 0.3 is 0 Å². The van der Waals surface area contributed by atoms with Gasteiger partial charge in [0.25, 0.3) is 5.91 Å². The molecule has 0 saturated heterocycles. The minimum Gasteiger partial charge on any atom is -0.330 e. The lowest BCUT2D eigenvalue weighted by Crippen LogP contribution is -2.32. The molecule has 0 atom stereocenters. The number of hydrogen-bond acceptors (Lipinski definition) is 4. The fourth-order valence-electron chi connectivity index (χ4n) is 2.38. The summed E-state index contributed by atoms with van der Waals surface area (Å²) in [4.78, 5) is 18.8. The molecule has 1 amide bonds. The van der Waals surface area contributed by atoms with Gasteiger partial charge in [0.15, 0.2) is 0 Å². The van der Waals surface area contributed by atoms with Crippen molar-refractivity contribution in [1.29, 1.82) is 0 Å². The van der Waals surface area contributed by atoms with Crippen LogP contribution in [0.3, 0.4) is 0 Å². The van der Waals surface area contributed by atoms with Crippen LogP contribution in [0.4, 0.5) is 4.39 Å². The molecule has 1 aliphatic carbocycles. The summed E-state index contributed by atoms with van der Waals surface area (Å²) in [7, 11) is 0. The molecule has 2 aromatic rings. The van der Waals surface area contributed by atoms with Gasteiger partial charge in [-0.25, -0.2) is 9.37 Å². The van der Waals surface area contributed by atoms with Crippen molar-refractivity contribution in [3.05, 3.63) is 51.7 Å². The number of carbonyl (C=O) groups is 1. The standard InChI is InChI=1S/C16H18FN3OS.ClH/c17-12-3-1-2-11(8-12)9-20(13-4-5-13)16(21)14-10-22-15(19-14)6-7-18;/h1-3,8,10,13H,4-7,9,18H2;1H. The normalized spacial score (nSPS) is 13.5. The summed E-state index contributed by atoms with van der Waals surface area (Å²) in [5.41, 5.74) is 6.79. The SMILES string of the molecule is Cl.NCCc1nc(C(=O)N(Cc2cccc(F)c2)C2CC2)cs1. The highest BCUT2D eigenvalue weighted by Gasteiger charge is 2.34. The predicted molar refractivity (Wildman–Crippen MR) is 91.4 cm³/mol. The summed E-state index contributed by atoms with van der Waals surface area (Å²) >= 11 is 1.46. The van der Waals surface area contributed by atoms with Gasteiger partial charge in [0.05, 0.1) is 5.01 Å². The molecule has 1 aromatic heterocycles. The summed E-state index contributed by atoms with van der Waals surface area (Å²) in [6.45, 7) is 0.946. The topological polar surface area (TPSA) is 59.2 Å². The quantitative estimate of drug-likeness (QED) is 0.866. The van der Waals surface area contributed by atoms with E-state index in [4.69, 9.17) is 5.73 Å². The van der Waals surface area contributed by atoms with Crippen LogP contribution in [0.1, 0.15) is 33.9 Å². The predicted octanol–water partition coefficient (Wildman–Crippen LogP) is 3.01. The molecule has 124 valence electrons. The van der Waals surface area contributed by atoms with Crippen molar-refractivity contribution in [2.24, 2.45) is 5.73 Å². The first-order chi connectivity index (χ1) is 10.7. The van der Waals surface area contributed by atoms with Gasteiger partial charge in [-0.15, -0.1) is 23.7 Å². The van der Waals surface area contributed by atoms with Crippen LogP contribution in [0.15, 0.2) is 29.6 Å². The number of nitrogens with two attached hydrogens (primary N) is 1. The number of nitrogens with zero attached hydrogens (tertiary/aromatic N) is 2. The third-order valence-corrected chi connectivity index (χ3v) is 4.53. The molecule has 4 nitrogen and oxygen atoms in total. The number of benzene rings is 1. The van der Waals surface area contributed by atoms with E-state index in [1.54, 1.807) is 16.3 Å². The van der Waals surface area contributed by atoms with Crippen molar-refractivity contribution in [1.82, 2.24) is 9.88 Å². The minimum atomic E-state index is -0.278. The molecule has 1 aromatic carbocycles. The van der Waals surface area contributed by atoms with E-state index in [1.807, 2.05) is 6.07 Å². The number of halogens is 2. The molecule has 0 bridgehead atoms. The fraction of sp³-hybridized carbons (Fsp3) is 0.375. The van der Waals surface area contributed by atoms with Gasteiger partial charge in [-0.1, -0.05) is 12.1 Å². The first-order valence-electron chi connectivity index (χ1n) is 7.37. The van der Waals surface area contributed by atoms with E-state index >= 15 is 0 Å². The second kappa shape index (κ2) is 7.86. The molecular weight excluding hydrogens is 337 g/mol. The van der Waals surface area contributed by atoms with Gasteiger partial charge in [0.2, 0.25) is 0 Å². The fourth-order valence-corrected chi connectivity index (χ4v) is 3.17. The highest BCUT2D eigenvalue weighted by atomic mass is 35.5. The van der Waals surface area contributed by atoms with Crippen LogP contribution in [-0.2, 0) is 13.0 Å². The number of aromatic nitrogens is 1. The van der Waals surface area contributed by atoms with Crippen molar-refractivity contribution in [2.75, 3.05) is 6.54 Å². The Labute approximate surface area is 144 Å². The zero-order valence-electron chi connectivity index (χ0n) is 12.6. The monoisotopic (exact) mass is 355 g/mol. The minimum absolute atomic E-state index is 0. The maximum Gasteiger partial charge on any atom is 0.273 e. The Morgan fingerprint density at radius 1 is 1.43 bits per heavy atom. The van der Waals surface area contributed by atoms with E-state index in [0.717, 1.165) is 23.4 Å². The summed E-state index contributed by atoms with van der Waals surface area (Å²) in [5, 5.41) is 2.67. The molecule has 3 rings (SSSR count). The molecule has 0 unspecified atom stereocenters. The van der Waals surface area contributed by atoms with E-state index in [0.29, 0.717) is 25.2 Å². The number of amides is 1. The van der Waals surface area contributed by atoms with Gasteiger partial charge in [-0.2, -0.15) is 0 Å².